The number of hydrogen-bond donors (Lipinski definition) is 5. The molecule has 0 saturated heterocycles. The Balaban J connectivity index is 0.000000260. The molecule has 2 aromatic rings. The fourth-order valence-corrected chi connectivity index (χ4v) is 1.95. The summed E-state index contributed by atoms with van der Waals surface area (Å²) in [5, 5.41) is 19.0. The topological polar surface area (TPSA) is 102 Å². The molecule has 4 amide bonds. The van der Waals surface area contributed by atoms with E-state index < -0.39 is 0 Å². The lowest BCUT2D eigenvalue weighted by molar-refractivity contribution is 0.253. The average Bonchev–Trinajstić information content (AvgIpc) is 2.69. The standard InChI is InChI=1S/C10H14N2O.C9H12N2O2/c1-3-8-5-4-6-9(7-8)12-10(13)11-2;1-10-9(13)11-8-4-2-7(6-12)3-5-8/h4-7H,3H2,1-2H3,(H2,11,12,13);2-5,12H,6H2,1H3,(H2,10,11,13). The third-order valence-corrected chi connectivity index (χ3v) is 3.44. The zero-order chi connectivity index (χ0) is 19.4. The minimum atomic E-state index is -0.253. The van der Waals surface area contributed by atoms with Gasteiger partial charge in [-0.3, -0.25) is 0 Å². The van der Waals surface area contributed by atoms with Crippen LogP contribution in [-0.4, -0.2) is 31.3 Å². The van der Waals surface area contributed by atoms with E-state index >= 15 is 0 Å². The van der Waals surface area contributed by atoms with Crippen LogP contribution < -0.4 is 21.3 Å². The first-order valence-electron chi connectivity index (χ1n) is 8.28. The quantitative estimate of drug-likeness (QED) is 0.581. The molecular weight excluding hydrogens is 332 g/mol. The molecule has 140 valence electrons. The van der Waals surface area contributed by atoms with Gasteiger partial charge in [-0.25, -0.2) is 9.59 Å². The minimum absolute atomic E-state index is 0.0141. The number of anilines is 2. The molecule has 0 spiro atoms. The highest BCUT2D eigenvalue weighted by molar-refractivity contribution is 5.89. The third-order valence-electron chi connectivity index (χ3n) is 3.44. The van der Waals surface area contributed by atoms with E-state index in [2.05, 4.69) is 28.2 Å². The maximum Gasteiger partial charge on any atom is 0.318 e. The molecule has 0 heterocycles. The van der Waals surface area contributed by atoms with Crippen LogP contribution in [0.15, 0.2) is 48.5 Å². The van der Waals surface area contributed by atoms with E-state index in [0.29, 0.717) is 5.69 Å². The maximum absolute atomic E-state index is 11.0. The number of nitrogens with one attached hydrogen (secondary N) is 4. The monoisotopic (exact) mass is 358 g/mol. The van der Waals surface area contributed by atoms with E-state index in [1.165, 1.54) is 5.56 Å². The van der Waals surface area contributed by atoms with E-state index in [1.807, 2.05) is 24.3 Å². The van der Waals surface area contributed by atoms with Crippen LogP contribution in [0.25, 0.3) is 0 Å². The Morgan fingerprint density at radius 1 is 0.846 bits per heavy atom. The van der Waals surface area contributed by atoms with Crippen molar-refractivity contribution in [2.45, 2.75) is 20.0 Å². The summed E-state index contributed by atoms with van der Waals surface area (Å²) >= 11 is 0. The Bertz CT molecular complexity index is 702. The summed E-state index contributed by atoms with van der Waals surface area (Å²) in [6, 6.07) is 14.4. The van der Waals surface area contributed by atoms with Crippen LogP contribution in [0.1, 0.15) is 18.1 Å². The molecule has 0 aliphatic heterocycles. The Morgan fingerprint density at radius 3 is 1.92 bits per heavy atom. The summed E-state index contributed by atoms with van der Waals surface area (Å²) in [6.07, 6.45) is 0.975. The number of rotatable bonds is 4. The van der Waals surface area contributed by atoms with Gasteiger partial charge in [0.1, 0.15) is 0 Å². The van der Waals surface area contributed by atoms with Crippen molar-refractivity contribution in [2.75, 3.05) is 24.7 Å². The van der Waals surface area contributed by atoms with E-state index in [1.54, 1.807) is 38.4 Å². The summed E-state index contributed by atoms with van der Waals surface area (Å²) in [4.78, 5) is 21.8. The molecule has 26 heavy (non-hydrogen) atoms. The van der Waals surface area contributed by atoms with Crippen LogP contribution >= 0.6 is 0 Å². The number of benzene rings is 2. The molecule has 0 radical (unpaired) electrons. The molecule has 2 rings (SSSR count). The minimum Gasteiger partial charge on any atom is -0.392 e. The van der Waals surface area contributed by atoms with E-state index in [4.69, 9.17) is 5.11 Å². The normalized spacial score (nSPS) is 9.38. The number of amides is 4. The number of carbonyl (C=O) groups excluding carboxylic acids is 2. The lowest BCUT2D eigenvalue weighted by Gasteiger charge is -2.05. The third kappa shape index (κ3) is 7.67. The average molecular weight is 358 g/mol. The molecule has 0 unspecified atom stereocenters. The van der Waals surface area contributed by atoms with Gasteiger partial charge in [0.05, 0.1) is 6.61 Å². The van der Waals surface area contributed by atoms with Crippen LogP contribution in [0, 0.1) is 0 Å². The van der Waals surface area contributed by atoms with Gasteiger partial charge in [-0.05, 0) is 41.8 Å². The van der Waals surface area contributed by atoms with Gasteiger partial charge in [-0.2, -0.15) is 0 Å². The molecule has 0 aromatic heterocycles. The molecule has 0 fully saturated rings. The lowest BCUT2D eigenvalue weighted by Crippen LogP contribution is -2.24. The molecule has 0 aliphatic rings. The van der Waals surface area contributed by atoms with Crippen molar-refractivity contribution >= 4 is 23.4 Å². The second-order valence-corrected chi connectivity index (χ2v) is 5.32. The van der Waals surface area contributed by atoms with Gasteiger partial charge in [-0.1, -0.05) is 31.2 Å². The van der Waals surface area contributed by atoms with Crippen molar-refractivity contribution in [3.8, 4) is 0 Å². The molecule has 5 N–H and O–H groups in total. The fraction of sp³-hybridized carbons (Fsp3) is 0.263. The highest BCUT2D eigenvalue weighted by Crippen LogP contribution is 2.10. The Labute approximate surface area is 153 Å². The van der Waals surface area contributed by atoms with E-state index in [0.717, 1.165) is 17.7 Å². The number of carbonyl (C=O) groups is 2. The van der Waals surface area contributed by atoms with E-state index in [-0.39, 0.29) is 18.7 Å². The Kier molecular flexibility index (Phi) is 9.27. The lowest BCUT2D eigenvalue weighted by atomic mass is 10.1. The van der Waals surface area contributed by atoms with Crippen LogP contribution in [0.3, 0.4) is 0 Å². The van der Waals surface area contributed by atoms with Gasteiger partial charge in [0.15, 0.2) is 0 Å². The van der Waals surface area contributed by atoms with Crippen molar-refractivity contribution in [3.05, 3.63) is 59.7 Å². The van der Waals surface area contributed by atoms with Gasteiger partial charge in [0.25, 0.3) is 0 Å². The summed E-state index contributed by atoms with van der Waals surface area (Å²) < 4.78 is 0. The number of hydrogen-bond acceptors (Lipinski definition) is 3. The highest BCUT2D eigenvalue weighted by Gasteiger charge is 1.98. The number of aryl methyl sites for hydroxylation is 1. The van der Waals surface area contributed by atoms with Crippen LogP contribution in [-0.2, 0) is 13.0 Å². The number of urea groups is 2. The van der Waals surface area contributed by atoms with Crippen molar-refractivity contribution in [2.24, 2.45) is 0 Å². The van der Waals surface area contributed by atoms with Gasteiger partial charge in [-0.15, -0.1) is 0 Å². The van der Waals surface area contributed by atoms with E-state index in [9.17, 15) is 9.59 Å². The molecule has 0 aliphatic carbocycles. The molecule has 0 bridgehead atoms. The highest BCUT2D eigenvalue weighted by atomic mass is 16.3. The first-order chi connectivity index (χ1) is 12.5. The summed E-state index contributed by atoms with van der Waals surface area (Å²) in [5.74, 6) is 0. The van der Waals surface area contributed by atoms with Crippen molar-refractivity contribution in [1.29, 1.82) is 0 Å². The van der Waals surface area contributed by atoms with Crippen LogP contribution in [0.4, 0.5) is 21.0 Å². The summed E-state index contributed by atoms with van der Waals surface area (Å²) in [5.41, 5.74) is 3.58. The Hall–Kier alpha value is -3.06. The molecular formula is C19H26N4O3. The first-order valence-corrected chi connectivity index (χ1v) is 8.28. The molecule has 7 nitrogen and oxygen atoms in total. The second kappa shape index (κ2) is 11.5. The Morgan fingerprint density at radius 2 is 1.42 bits per heavy atom. The van der Waals surface area contributed by atoms with Crippen molar-refractivity contribution in [3.63, 3.8) is 0 Å². The van der Waals surface area contributed by atoms with Crippen molar-refractivity contribution < 1.29 is 14.7 Å². The van der Waals surface area contributed by atoms with Gasteiger partial charge < -0.3 is 26.4 Å². The van der Waals surface area contributed by atoms with Crippen LogP contribution in [0.2, 0.25) is 0 Å². The summed E-state index contributed by atoms with van der Waals surface area (Å²) in [7, 11) is 3.15. The van der Waals surface area contributed by atoms with Gasteiger partial charge in [0.2, 0.25) is 0 Å². The predicted octanol–water partition coefficient (Wildman–Crippen LogP) is 2.93. The SMILES string of the molecule is CCc1cccc(NC(=O)NC)c1.CNC(=O)Nc1ccc(CO)cc1. The molecule has 2 aromatic carbocycles. The van der Waals surface area contributed by atoms with Crippen LogP contribution in [0.5, 0.6) is 0 Å². The van der Waals surface area contributed by atoms with Gasteiger partial charge >= 0.3 is 12.1 Å². The molecule has 7 heteroatoms. The predicted molar refractivity (Wildman–Crippen MR) is 104 cm³/mol. The zero-order valence-electron chi connectivity index (χ0n) is 15.3. The number of aliphatic hydroxyl groups excluding tert-OH is 1. The number of aliphatic hydroxyl groups is 1. The zero-order valence-corrected chi connectivity index (χ0v) is 15.3. The first kappa shape index (κ1) is 21.0. The fourth-order valence-electron chi connectivity index (χ4n) is 1.95. The maximum atomic E-state index is 11.0. The summed E-state index contributed by atoms with van der Waals surface area (Å²) in [6.45, 7) is 2.10. The second-order valence-electron chi connectivity index (χ2n) is 5.32. The van der Waals surface area contributed by atoms with Gasteiger partial charge in [0, 0.05) is 25.5 Å². The molecule has 0 atom stereocenters. The smallest absolute Gasteiger partial charge is 0.318 e. The largest absolute Gasteiger partial charge is 0.392 e. The molecule has 0 saturated carbocycles. The van der Waals surface area contributed by atoms with Crippen molar-refractivity contribution in [1.82, 2.24) is 10.6 Å².